The Kier molecular flexibility index (Phi) is 5.38. The summed E-state index contributed by atoms with van der Waals surface area (Å²) in [5.41, 5.74) is 0. The third-order valence-corrected chi connectivity index (χ3v) is 2.52. The second kappa shape index (κ2) is 6.80. The summed E-state index contributed by atoms with van der Waals surface area (Å²) in [5, 5.41) is 5.67. The number of esters is 1. The van der Waals surface area contributed by atoms with E-state index in [0.717, 1.165) is 0 Å². The summed E-state index contributed by atoms with van der Waals surface area (Å²) in [5.74, 6) is 0.281. The lowest BCUT2D eigenvalue weighted by molar-refractivity contribution is -0.120. The fourth-order valence-corrected chi connectivity index (χ4v) is 1.42. The average Bonchev–Trinajstić information content (AvgIpc) is 2.87. The maximum atomic E-state index is 11.2. The number of nitrogens with one attached hydrogen (secondary N) is 2. The SMILES string of the molecule is CNC(=O)CCNC(C)c1ccc(C(=O)OC)o1. The Morgan fingerprint density at radius 1 is 1.44 bits per heavy atom. The molecule has 0 aliphatic carbocycles. The quantitative estimate of drug-likeness (QED) is 0.736. The predicted octanol–water partition coefficient (Wildman–Crippen LogP) is 0.853. The maximum absolute atomic E-state index is 11.2. The molecular weight excluding hydrogens is 236 g/mol. The first kappa shape index (κ1) is 14.2. The van der Waals surface area contributed by atoms with Crippen LogP contribution >= 0.6 is 0 Å². The molecule has 0 radical (unpaired) electrons. The highest BCUT2D eigenvalue weighted by molar-refractivity contribution is 5.86. The van der Waals surface area contributed by atoms with Gasteiger partial charge in [-0.25, -0.2) is 4.79 Å². The van der Waals surface area contributed by atoms with Crippen LogP contribution in [0.25, 0.3) is 0 Å². The first-order valence-corrected chi connectivity index (χ1v) is 5.70. The van der Waals surface area contributed by atoms with Crippen molar-refractivity contribution in [2.45, 2.75) is 19.4 Å². The number of carbonyl (C=O) groups is 2. The van der Waals surface area contributed by atoms with Crippen molar-refractivity contribution >= 4 is 11.9 Å². The molecule has 1 amide bonds. The lowest BCUT2D eigenvalue weighted by atomic mass is 10.2. The summed E-state index contributed by atoms with van der Waals surface area (Å²) in [4.78, 5) is 22.2. The van der Waals surface area contributed by atoms with Gasteiger partial charge in [-0.1, -0.05) is 0 Å². The zero-order valence-electron chi connectivity index (χ0n) is 10.8. The van der Waals surface area contributed by atoms with E-state index in [1.807, 2.05) is 6.92 Å². The van der Waals surface area contributed by atoms with E-state index in [2.05, 4.69) is 15.4 Å². The summed E-state index contributed by atoms with van der Waals surface area (Å²) in [6.45, 7) is 2.43. The van der Waals surface area contributed by atoms with Gasteiger partial charge in [0.1, 0.15) is 5.76 Å². The highest BCUT2D eigenvalue weighted by Gasteiger charge is 2.14. The molecule has 0 aromatic carbocycles. The molecule has 0 fully saturated rings. The molecule has 1 rings (SSSR count). The minimum absolute atomic E-state index is 0.0237. The Morgan fingerprint density at radius 3 is 2.78 bits per heavy atom. The fraction of sp³-hybridized carbons (Fsp3) is 0.500. The Labute approximate surface area is 106 Å². The smallest absolute Gasteiger partial charge is 0.373 e. The zero-order chi connectivity index (χ0) is 13.5. The van der Waals surface area contributed by atoms with Crippen molar-refractivity contribution in [3.05, 3.63) is 23.7 Å². The van der Waals surface area contributed by atoms with Crippen molar-refractivity contribution < 1.29 is 18.7 Å². The molecule has 2 N–H and O–H groups in total. The van der Waals surface area contributed by atoms with Gasteiger partial charge in [0.2, 0.25) is 11.7 Å². The molecule has 0 saturated carbocycles. The minimum atomic E-state index is -0.501. The van der Waals surface area contributed by atoms with Gasteiger partial charge in [-0.3, -0.25) is 4.79 Å². The second-order valence-corrected chi connectivity index (χ2v) is 3.79. The monoisotopic (exact) mass is 254 g/mol. The van der Waals surface area contributed by atoms with Gasteiger partial charge in [0, 0.05) is 20.0 Å². The zero-order valence-corrected chi connectivity index (χ0v) is 10.8. The molecule has 100 valence electrons. The van der Waals surface area contributed by atoms with E-state index in [-0.39, 0.29) is 17.7 Å². The van der Waals surface area contributed by atoms with Crippen molar-refractivity contribution in [2.75, 3.05) is 20.7 Å². The number of hydrogen-bond donors (Lipinski definition) is 2. The van der Waals surface area contributed by atoms with E-state index in [4.69, 9.17) is 4.42 Å². The Balaban J connectivity index is 2.46. The molecule has 0 aliphatic heterocycles. The Morgan fingerprint density at radius 2 is 2.17 bits per heavy atom. The molecule has 0 aliphatic rings. The third kappa shape index (κ3) is 3.89. The van der Waals surface area contributed by atoms with Crippen LogP contribution in [0.2, 0.25) is 0 Å². The van der Waals surface area contributed by atoms with Gasteiger partial charge in [0.15, 0.2) is 0 Å². The summed E-state index contributed by atoms with van der Waals surface area (Å²) < 4.78 is 9.89. The van der Waals surface area contributed by atoms with E-state index in [9.17, 15) is 9.59 Å². The van der Waals surface area contributed by atoms with Crippen molar-refractivity contribution in [1.29, 1.82) is 0 Å². The van der Waals surface area contributed by atoms with Crippen molar-refractivity contribution in [2.24, 2.45) is 0 Å². The van der Waals surface area contributed by atoms with Gasteiger partial charge in [0.05, 0.1) is 13.2 Å². The van der Waals surface area contributed by atoms with Crippen LogP contribution in [0.15, 0.2) is 16.5 Å². The first-order chi connectivity index (χ1) is 8.58. The van der Waals surface area contributed by atoms with Crippen LogP contribution < -0.4 is 10.6 Å². The second-order valence-electron chi connectivity index (χ2n) is 3.79. The molecule has 0 saturated heterocycles. The van der Waals surface area contributed by atoms with Gasteiger partial charge < -0.3 is 19.8 Å². The number of ether oxygens (including phenoxy) is 1. The maximum Gasteiger partial charge on any atom is 0.373 e. The van der Waals surface area contributed by atoms with E-state index < -0.39 is 5.97 Å². The highest BCUT2D eigenvalue weighted by Crippen LogP contribution is 2.16. The van der Waals surface area contributed by atoms with Gasteiger partial charge >= 0.3 is 5.97 Å². The van der Waals surface area contributed by atoms with Crippen LogP contribution in [0.5, 0.6) is 0 Å². The normalized spacial score (nSPS) is 11.9. The Bertz CT molecular complexity index is 414. The number of furan rings is 1. The molecule has 0 spiro atoms. The highest BCUT2D eigenvalue weighted by atomic mass is 16.5. The molecule has 6 heteroatoms. The van der Waals surface area contributed by atoms with Gasteiger partial charge in [-0.2, -0.15) is 0 Å². The number of amides is 1. The Hall–Kier alpha value is -1.82. The minimum Gasteiger partial charge on any atom is -0.463 e. The molecule has 1 heterocycles. The number of rotatable bonds is 6. The first-order valence-electron chi connectivity index (χ1n) is 5.70. The standard InChI is InChI=1S/C12H18N2O4/c1-8(14-7-6-11(15)13-2)9-4-5-10(18-9)12(16)17-3/h4-5,8,14H,6-7H2,1-3H3,(H,13,15). The predicted molar refractivity (Wildman–Crippen MR) is 65.1 cm³/mol. The van der Waals surface area contributed by atoms with Crippen LogP contribution in [0.4, 0.5) is 0 Å². The molecule has 6 nitrogen and oxygen atoms in total. The summed E-state index contributed by atoms with van der Waals surface area (Å²) in [6, 6.07) is 3.20. The largest absolute Gasteiger partial charge is 0.463 e. The van der Waals surface area contributed by atoms with Crippen molar-refractivity contribution in [3.63, 3.8) is 0 Å². The van der Waals surface area contributed by atoms with Crippen molar-refractivity contribution in [3.8, 4) is 0 Å². The van der Waals surface area contributed by atoms with Crippen LogP contribution in [0.3, 0.4) is 0 Å². The number of hydrogen-bond acceptors (Lipinski definition) is 5. The molecular formula is C12H18N2O4. The van der Waals surface area contributed by atoms with Gasteiger partial charge in [-0.05, 0) is 19.1 Å². The third-order valence-electron chi connectivity index (χ3n) is 2.52. The number of methoxy groups -OCH3 is 1. The topological polar surface area (TPSA) is 80.6 Å². The average molecular weight is 254 g/mol. The van der Waals surface area contributed by atoms with E-state index in [1.54, 1.807) is 19.2 Å². The summed E-state index contributed by atoms with van der Waals surface area (Å²) in [7, 11) is 2.90. The van der Waals surface area contributed by atoms with Gasteiger partial charge in [-0.15, -0.1) is 0 Å². The molecule has 1 aromatic rings. The van der Waals surface area contributed by atoms with Crippen LogP contribution in [-0.2, 0) is 9.53 Å². The van der Waals surface area contributed by atoms with Crippen LogP contribution in [0.1, 0.15) is 35.7 Å². The molecule has 1 atom stereocenters. The molecule has 1 unspecified atom stereocenters. The lowest BCUT2D eigenvalue weighted by Gasteiger charge is -2.10. The molecule has 18 heavy (non-hydrogen) atoms. The van der Waals surface area contributed by atoms with E-state index in [0.29, 0.717) is 18.7 Å². The van der Waals surface area contributed by atoms with Crippen molar-refractivity contribution in [1.82, 2.24) is 10.6 Å². The van der Waals surface area contributed by atoms with Gasteiger partial charge in [0.25, 0.3) is 0 Å². The van der Waals surface area contributed by atoms with Crippen LogP contribution in [-0.4, -0.2) is 32.6 Å². The molecule has 0 bridgehead atoms. The molecule has 1 aromatic heterocycles. The van der Waals surface area contributed by atoms with Crippen LogP contribution in [0, 0.1) is 0 Å². The fourth-order valence-electron chi connectivity index (χ4n) is 1.42. The van der Waals surface area contributed by atoms with E-state index >= 15 is 0 Å². The number of carbonyl (C=O) groups excluding carboxylic acids is 2. The summed E-state index contributed by atoms with van der Waals surface area (Å²) in [6.07, 6.45) is 0.394. The lowest BCUT2D eigenvalue weighted by Crippen LogP contribution is -2.26. The summed E-state index contributed by atoms with van der Waals surface area (Å²) >= 11 is 0. The van der Waals surface area contributed by atoms with E-state index in [1.165, 1.54) is 7.11 Å².